The maximum absolute atomic E-state index is 10.7. The number of aliphatic hydroxyl groups excluding tert-OH is 1. The topological polar surface area (TPSA) is 65.0 Å². The first-order valence-electron chi connectivity index (χ1n) is 4.58. The number of aliphatic hydroxyl groups is 1. The van der Waals surface area contributed by atoms with Crippen molar-refractivity contribution in [1.29, 1.82) is 0 Å². The van der Waals surface area contributed by atoms with Crippen molar-refractivity contribution in [2.45, 2.75) is 44.9 Å². The van der Waals surface area contributed by atoms with Gasteiger partial charge in [0.05, 0.1) is 6.10 Å². The lowest BCUT2D eigenvalue weighted by Gasteiger charge is -2.36. The summed E-state index contributed by atoms with van der Waals surface area (Å²) in [5.74, 6) is -0.367. The molecule has 4 atom stereocenters. The SMILES string of the molecule is COC1O[C@@H](C)C(OC(C)=O)C[C@H]1O. The Balaban J connectivity index is 2.52. The van der Waals surface area contributed by atoms with Crippen molar-refractivity contribution in [3.8, 4) is 0 Å². The molecule has 0 spiro atoms. The van der Waals surface area contributed by atoms with E-state index >= 15 is 0 Å². The van der Waals surface area contributed by atoms with E-state index in [1.165, 1.54) is 14.0 Å². The molecular weight excluding hydrogens is 188 g/mol. The molecule has 0 aromatic heterocycles. The zero-order valence-electron chi connectivity index (χ0n) is 8.60. The molecule has 5 nitrogen and oxygen atoms in total. The maximum atomic E-state index is 10.7. The highest BCUT2D eigenvalue weighted by Gasteiger charge is 2.36. The Labute approximate surface area is 82.9 Å². The lowest BCUT2D eigenvalue weighted by molar-refractivity contribution is -0.255. The molecule has 1 N–H and O–H groups in total. The monoisotopic (exact) mass is 204 g/mol. The number of carbonyl (C=O) groups is 1. The largest absolute Gasteiger partial charge is 0.460 e. The van der Waals surface area contributed by atoms with Gasteiger partial charge in [0.15, 0.2) is 6.29 Å². The number of ether oxygens (including phenoxy) is 3. The first-order valence-corrected chi connectivity index (χ1v) is 4.58. The van der Waals surface area contributed by atoms with Crippen molar-refractivity contribution < 1.29 is 24.1 Å². The van der Waals surface area contributed by atoms with Crippen LogP contribution in [0.15, 0.2) is 0 Å². The van der Waals surface area contributed by atoms with E-state index in [4.69, 9.17) is 14.2 Å². The smallest absolute Gasteiger partial charge is 0.302 e. The van der Waals surface area contributed by atoms with E-state index in [1.54, 1.807) is 6.92 Å². The average Bonchev–Trinajstić information content (AvgIpc) is 2.10. The molecule has 0 aromatic carbocycles. The van der Waals surface area contributed by atoms with Gasteiger partial charge in [-0.15, -0.1) is 0 Å². The molecule has 1 saturated heterocycles. The fourth-order valence-electron chi connectivity index (χ4n) is 1.50. The molecule has 5 heteroatoms. The van der Waals surface area contributed by atoms with Gasteiger partial charge in [-0.05, 0) is 6.92 Å². The van der Waals surface area contributed by atoms with Gasteiger partial charge in [0.1, 0.15) is 12.2 Å². The summed E-state index contributed by atoms with van der Waals surface area (Å²) in [6.45, 7) is 3.12. The van der Waals surface area contributed by atoms with E-state index in [2.05, 4.69) is 0 Å². The first-order chi connectivity index (χ1) is 6.54. The van der Waals surface area contributed by atoms with Crippen molar-refractivity contribution in [2.75, 3.05) is 7.11 Å². The minimum Gasteiger partial charge on any atom is -0.460 e. The lowest BCUT2D eigenvalue weighted by Crippen LogP contribution is -2.48. The van der Waals surface area contributed by atoms with Gasteiger partial charge in [0.25, 0.3) is 0 Å². The molecule has 1 aliphatic rings. The van der Waals surface area contributed by atoms with E-state index in [0.717, 1.165) is 0 Å². The third-order valence-corrected chi connectivity index (χ3v) is 2.21. The van der Waals surface area contributed by atoms with Crippen molar-refractivity contribution in [2.24, 2.45) is 0 Å². The Hall–Kier alpha value is -0.650. The third kappa shape index (κ3) is 2.67. The number of hydrogen-bond donors (Lipinski definition) is 1. The fraction of sp³-hybridized carbons (Fsp3) is 0.889. The van der Waals surface area contributed by atoms with Crippen LogP contribution >= 0.6 is 0 Å². The summed E-state index contributed by atoms with van der Waals surface area (Å²) in [7, 11) is 1.47. The van der Waals surface area contributed by atoms with E-state index in [1.807, 2.05) is 0 Å². The summed E-state index contributed by atoms with van der Waals surface area (Å²) in [6, 6.07) is 0. The molecule has 1 aliphatic heterocycles. The van der Waals surface area contributed by atoms with Gasteiger partial charge in [-0.25, -0.2) is 0 Å². The molecule has 0 bridgehead atoms. The summed E-state index contributed by atoms with van der Waals surface area (Å²) >= 11 is 0. The number of methoxy groups -OCH3 is 1. The molecule has 0 saturated carbocycles. The average molecular weight is 204 g/mol. The summed E-state index contributed by atoms with van der Waals surface area (Å²) < 4.78 is 15.2. The highest BCUT2D eigenvalue weighted by atomic mass is 16.7. The van der Waals surface area contributed by atoms with Crippen LogP contribution in [0.3, 0.4) is 0 Å². The summed E-state index contributed by atoms with van der Waals surface area (Å²) in [6.07, 6.45) is -1.68. The molecule has 1 rings (SSSR count). The Kier molecular flexibility index (Phi) is 3.86. The van der Waals surface area contributed by atoms with Crippen LogP contribution in [0.5, 0.6) is 0 Å². The van der Waals surface area contributed by atoms with E-state index < -0.39 is 18.5 Å². The van der Waals surface area contributed by atoms with Crippen LogP contribution < -0.4 is 0 Å². The van der Waals surface area contributed by atoms with Crippen LogP contribution in [0.2, 0.25) is 0 Å². The van der Waals surface area contributed by atoms with Crippen molar-refractivity contribution in [3.05, 3.63) is 0 Å². The van der Waals surface area contributed by atoms with Gasteiger partial charge in [0.2, 0.25) is 0 Å². The third-order valence-electron chi connectivity index (χ3n) is 2.21. The lowest BCUT2D eigenvalue weighted by atomic mass is 10.0. The number of carbonyl (C=O) groups excluding carboxylic acids is 1. The number of esters is 1. The molecular formula is C9H16O5. The minimum atomic E-state index is -0.749. The number of rotatable bonds is 2. The van der Waals surface area contributed by atoms with Gasteiger partial charge in [-0.1, -0.05) is 0 Å². The Morgan fingerprint density at radius 1 is 1.57 bits per heavy atom. The van der Waals surface area contributed by atoms with Gasteiger partial charge in [0, 0.05) is 20.5 Å². The van der Waals surface area contributed by atoms with Crippen molar-refractivity contribution >= 4 is 5.97 Å². The summed E-state index contributed by atoms with van der Waals surface area (Å²) in [4.78, 5) is 10.7. The predicted octanol–water partition coefficient (Wildman–Crippen LogP) is 0.0603. The van der Waals surface area contributed by atoms with Crippen molar-refractivity contribution in [1.82, 2.24) is 0 Å². The second kappa shape index (κ2) is 4.72. The van der Waals surface area contributed by atoms with Crippen LogP contribution in [0.4, 0.5) is 0 Å². The molecule has 0 radical (unpaired) electrons. The van der Waals surface area contributed by atoms with E-state index in [9.17, 15) is 9.90 Å². The molecule has 2 unspecified atom stereocenters. The molecule has 0 aliphatic carbocycles. The van der Waals surface area contributed by atoms with E-state index in [-0.39, 0.29) is 12.1 Å². The maximum Gasteiger partial charge on any atom is 0.302 e. The van der Waals surface area contributed by atoms with Crippen LogP contribution in [0, 0.1) is 0 Å². The minimum absolute atomic E-state index is 0.257. The molecule has 1 heterocycles. The summed E-state index contributed by atoms with van der Waals surface area (Å²) in [5.41, 5.74) is 0. The number of hydrogen-bond acceptors (Lipinski definition) is 5. The van der Waals surface area contributed by atoms with Crippen LogP contribution in [0.25, 0.3) is 0 Å². The molecule has 0 aromatic rings. The molecule has 0 amide bonds. The first kappa shape index (κ1) is 11.4. The molecule has 82 valence electrons. The summed E-state index contributed by atoms with van der Waals surface area (Å²) in [5, 5.41) is 9.53. The zero-order chi connectivity index (χ0) is 10.7. The van der Waals surface area contributed by atoms with Crippen LogP contribution in [-0.4, -0.2) is 42.8 Å². The quantitative estimate of drug-likeness (QED) is 0.644. The normalized spacial score (nSPS) is 38.0. The fourth-order valence-corrected chi connectivity index (χ4v) is 1.50. The molecule has 14 heavy (non-hydrogen) atoms. The Bertz CT molecular complexity index is 205. The van der Waals surface area contributed by atoms with Crippen LogP contribution in [0.1, 0.15) is 20.3 Å². The standard InChI is InChI=1S/C9H16O5/c1-5-8(14-6(2)10)4-7(11)9(12-3)13-5/h5,7-9,11H,4H2,1-3H3/t5-,7+,8?,9?/m0/s1. The van der Waals surface area contributed by atoms with Crippen LogP contribution in [-0.2, 0) is 19.0 Å². The predicted molar refractivity (Wildman–Crippen MR) is 47.5 cm³/mol. The van der Waals surface area contributed by atoms with Crippen molar-refractivity contribution in [3.63, 3.8) is 0 Å². The van der Waals surface area contributed by atoms with Gasteiger partial charge in [-0.2, -0.15) is 0 Å². The van der Waals surface area contributed by atoms with E-state index in [0.29, 0.717) is 6.42 Å². The second-order valence-corrected chi connectivity index (χ2v) is 3.40. The molecule has 1 fully saturated rings. The Morgan fingerprint density at radius 2 is 2.21 bits per heavy atom. The van der Waals surface area contributed by atoms with Gasteiger partial charge >= 0.3 is 5.97 Å². The highest BCUT2D eigenvalue weighted by Crippen LogP contribution is 2.22. The van der Waals surface area contributed by atoms with Gasteiger partial charge in [-0.3, -0.25) is 4.79 Å². The Morgan fingerprint density at radius 3 is 2.71 bits per heavy atom. The second-order valence-electron chi connectivity index (χ2n) is 3.40. The zero-order valence-corrected chi connectivity index (χ0v) is 8.60. The van der Waals surface area contributed by atoms with Gasteiger partial charge < -0.3 is 19.3 Å². The highest BCUT2D eigenvalue weighted by molar-refractivity contribution is 5.66.